The minimum absolute atomic E-state index is 0.0647. The number of aryl methyl sites for hydroxylation is 1. The molecule has 1 aromatic heterocycles. The molecule has 1 heterocycles. The molecule has 0 aliphatic carbocycles. The predicted octanol–water partition coefficient (Wildman–Crippen LogP) is 3.89. The summed E-state index contributed by atoms with van der Waals surface area (Å²) in [5.74, 6) is 0.258. The first-order chi connectivity index (χ1) is 11.0. The van der Waals surface area contributed by atoms with Crippen LogP contribution in [0.4, 0.5) is 10.1 Å². The summed E-state index contributed by atoms with van der Waals surface area (Å²) in [7, 11) is 1.59. The van der Waals surface area contributed by atoms with Crippen molar-refractivity contribution >= 4 is 27.1 Å². The molecule has 0 bridgehead atoms. The average molecular weight is 329 g/mol. The van der Waals surface area contributed by atoms with Crippen LogP contribution < -0.4 is 15.2 Å². The molecule has 0 aliphatic heterocycles. The second-order valence-corrected chi connectivity index (χ2v) is 6.37. The molecule has 2 N–H and O–H groups in total. The minimum Gasteiger partial charge on any atom is -0.497 e. The molecule has 2 aromatic carbocycles. The van der Waals surface area contributed by atoms with Gasteiger partial charge >= 0.3 is 0 Å². The number of ether oxygens (including phenoxy) is 1. The van der Waals surface area contributed by atoms with Crippen LogP contribution in [0.15, 0.2) is 41.2 Å². The van der Waals surface area contributed by atoms with Crippen molar-refractivity contribution in [2.75, 3.05) is 12.8 Å². The molecule has 118 valence electrons. The number of nitrogens with two attached hydrogens (primary N) is 1. The molecule has 23 heavy (non-hydrogen) atoms. The molecule has 0 saturated carbocycles. The number of hydrogen-bond donors (Lipinski definition) is 1. The molecule has 0 amide bonds. The molecule has 0 unspecified atom stereocenters. The van der Waals surface area contributed by atoms with E-state index in [0.717, 1.165) is 27.0 Å². The van der Waals surface area contributed by atoms with Crippen LogP contribution in [0.3, 0.4) is 0 Å². The van der Waals surface area contributed by atoms with Crippen LogP contribution in [-0.2, 0) is 6.42 Å². The van der Waals surface area contributed by atoms with Gasteiger partial charge in [0.15, 0.2) is 0 Å². The zero-order valence-corrected chi connectivity index (χ0v) is 13.7. The zero-order valence-electron chi connectivity index (χ0n) is 12.9. The molecule has 0 fully saturated rings. The van der Waals surface area contributed by atoms with E-state index in [1.165, 1.54) is 6.07 Å². The maximum atomic E-state index is 14.1. The molecule has 5 heteroatoms. The summed E-state index contributed by atoms with van der Waals surface area (Å²) in [5.41, 5.74) is 7.62. The first-order valence-corrected chi connectivity index (χ1v) is 7.96. The molecule has 0 saturated heterocycles. The molecular formula is C18H16FNO2S. The van der Waals surface area contributed by atoms with Crippen molar-refractivity contribution in [3.8, 4) is 5.75 Å². The number of halogens is 1. The topological polar surface area (TPSA) is 52.3 Å². The van der Waals surface area contributed by atoms with Gasteiger partial charge in [-0.2, -0.15) is 0 Å². The van der Waals surface area contributed by atoms with Crippen molar-refractivity contribution in [3.63, 3.8) is 0 Å². The highest BCUT2D eigenvalue weighted by atomic mass is 32.1. The summed E-state index contributed by atoms with van der Waals surface area (Å²) in [4.78, 5) is 12.5. The fraction of sp³-hybridized carbons (Fsp3) is 0.167. The van der Waals surface area contributed by atoms with Gasteiger partial charge in [0.1, 0.15) is 11.6 Å². The SMILES string of the molecule is COc1ccc2c(C)c(Cc3cccc(N)c3F)c(=O)sc2c1. The van der Waals surface area contributed by atoms with Gasteiger partial charge in [0.05, 0.1) is 12.8 Å². The van der Waals surface area contributed by atoms with E-state index in [2.05, 4.69) is 0 Å². The second-order valence-electron chi connectivity index (χ2n) is 5.35. The Bertz CT molecular complexity index is 950. The molecular weight excluding hydrogens is 313 g/mol. The summed E-state index contributed by atoms with van der Waals surface area (Å²) < 4.78 is 20.1. The van der Waals surface area contributed by atoms with Gasteiger partial charge in [0.25, 0.3) is 0 Å². The van der Waals surface area contributed by atoms with Crippen molar-refractivity contribution in [2.45, 2.75) is 13.3 Å². The summed E-state index contributed by atoms with van der Waals surface area (Å²) >= 11 is 1.15. The lowest BCUT2D eigenvalue weighted by Gasteiger charge is -2.10. The van der Waals surface area contributed by atoms with Crippen LogP contribution in [0.1, 0.15) is 16.7 Å². The maximum Gasteiger partial charge on any atom is 0.236 e. The Morgan fingerprint density at radius 1 is 1.26 bits per heavy atom. The normalized spacial score (nSPS) is 10.9. The third kappa shape index (κ3) is 2.80. The van der Waals surface area contributed by atoms with Crippen molar-refractivity contribution in [3.05, 3.63) is 68.4 Å². The van der Waals surface area contributed by atoms with Crippen LogP contribution >= 0.6 is 11.3 Å². The summed E-state index contributed by atoms with van der Waals surface area (Å²) in [6.45, 7) is 1.89. The van der Waals surface area contributed by atoms with E-state index in [-0.39, 0.29) is 16.9 Å². The third-order valence-corrected chi connectivity index (χ3v) is 4.96. The Morgan fingerprint density at radius 2 is 2.04 bits per heavy atom. The molecule has 3 rings (SSSR count). The van der Waals surface area contributed by atoms with E-state index in [0.29, 0.717) is 16.9 Å². The monoisotopic (exact) mass is 329 g/mol. The standard InChI is InChI=1S/C18H16FNO2S/c1-10-13-7-6-12(22-2)9-16(13)23-18(21)14(10)8-11-4-3-5-15(20)17(11)19/h3-7,9H,8,20H2,1-2H3. The first kappa shape index (κ1) is 15.5. The van der Waals surface area contributed by atoms with Gasteiger partial charge < -0.3 is 10.5 Å². The smallest absolute Gasteiger partial charge is 0.236 e. The molecule has 0 radical (unpaired) electrons. The summed E-state index contributed by atoms with van der Waals surface area (Å²) in [6.07, 6.45) is 0.236. The molecule has 3 nitrogen and oxygen atoms in total. The van der Waals surface area contributed by atoms with Gasteiger partial charge in [-0.1, -0.05) is 23.5 Å². The first-order valence-electron chi connectivity index (χ1n) is 7.14. The third-order valence-electron chi connectivity index (χ3n) is 3.97. The maximum absolute atomic E-state index is 14.1. The number of fused-ring (bicyclic) bond motifs is 1. The van der Waals surface area contributed by atoms with Crippen LogP contribution in [0.5, 0.6) is 5.75 Å². The van der Waals surface area contributed by atoms with Crippen LogP contribution in [0, 0.1) is 12.7 Å². The van der Waals surface area contributed by atoms with E-state index in [4.69, 9.17) is 10.5 Å². The minimum atomic E-state index is -0.453. The number of anilines is 1. The van der Waals surface area contributed by atoms with E-state index in [9.17, 15) is 9.18 Å². The largest absolute Gasteiger partial charge is 0.497 e. The molecule has 0 aliphatic rings. The van der Waals surface area contributed by atoms with Crippen LogP contribution in [0.25, 0.3) is 10.1 Å². The second kappa shape index (κ2) is 6.01. The van der Waals surface area contributed by atoms with Crippen LogP contribution in [0.2, 0.25) is 0 Å². The number of benzene rings is 2. The Hall–Kier alpha value is -2.40. The number of methoxy groups -OCH3 is 1. The van der Waals surface area contributed by atoms with Gasteiger partial charge in [-0.15, -0.1) is 0 Å². The van der Waals surface area contributed by atoms with E-state index < -0.39 is 5.82 Å². The van der Waals surface area contributed by atoms with E-state index in [1.54, 1.807) is 19.2 Å². The van der Waals surface area contributed by atoms with Crippen molar-refractivity contribution < 1.29 is 9.13 Å². The zero-order chi connectivity index (χ0) is 16.6. The van der Waals surface area contributed by atoms with E-state index >= 15 is 0 Å². The predicted molar refractivity (Wildman–Crippen MR) is 93.0 cm³/mol. The van der Waals surface area contributed by atoms with Crippen molar-refractivity contribution in [1.82, 2.24) is 0 Å². The number of nitrogen functional groups attached to an aromatic ring is 1. The highest BCUT2D eigenvalue weighted by Crippen LogP contribution is 2.28. The number of rotatable bonds is 3. The van der Waals surface area contributed by atoms with Gasteiger partial charge in [-0.3, -0.25) is 4.79 Å². The lowest BCUT2D eigenvalue weighted by atomic mass is 10.00. The Balaban J connectivity index is 2.15. The van der Waals surface area contributed by atoms with Gasteiger partial charge in [0, 0.05) is 16.7 Å². The van der Waals surface area contributed by atoms with E-state index in [1.807, 2.05) is 25.1 Å². The highest BCUT2D eigenvalue weighted by Gasteiger charge is 2.14. The summed E-state index contributed by atoms with van der Waals surface area (Å²) in [5, 5.41) is 0.981. The van der Waals surface area contributed by atoms with Gasteiger partial charge in [0.2, 0.25) is 4.74 Å². The lowest BCUT2D eigenvalue weighted by molar-refractivity contribution is 0.415. The quantitative estimate of drug-likeness (QED) is 0.742. The summed E-state index contributed by atoms with van der Waals surface area (Å²) in [6, 6.07) is 10.5. The van der Waals surface area contributed by atoms with Crippen molar-refractivity contribution in [1.29, 1.82) is 0 Å². The average Bonchev–Trinajstić information content (AvgIpc) is 2.54. The molecule has 0 atom stereocenters. The van der Waals surface area contributed by atoms with Gasteiger partial charge in [-0.05, 0) is 47.7 Å². The van der Waals surface area contributed by atoms with Crippen molar-refractivity contribution in [2.24, 2.45) is 0 Å². The van der Waals surface area contributed by atoms with Crippen LogP contribution in [-0.4, -0.2) is 7.11 Å². The molecule has 0 spiro atoms. The Morgan fingerprint density at radius 3 is 2.78 bits per heavy atom. The highest BCUT2D eigenvalue weighted by molar-refractivity contribution is 7.16. The van der Waals surface area contributed by atoms with Gasteiger partial charge in [-0.25, -0.2) is 4.39 Å². The fourth-order valence-electron chi connectivity index (χ4n) is 2.63. The fourth-order valence-corrected chi connectivity index (χ4v) is 3.69. The number of hydrogen-bond acceptors (Lipinski definition) is 4. The molecule has 3 aromatic rings. The Labute approximate surface area is 137 Å². The lowest BCUT2D eigenvalue weighted by Crippen LogP contribution is -2.09. The Kier molecular flexibility index (Phi) is 4.05.